The maximum atomic E-state index is 4.18. The fraction of sp³-hybridized carbons (Fsp3) is 0.353. The summed E-state index contributed by atoms with van der Waals surface area (Å²) in [7, 11) is 0. The van der Waals surface area contributed by atoms with E-state index in [9.17, 15) is 0 Å². The standard InChI is InChI=1S/C17H21N/c1-5-13(12-18-6-2)14-7-8-15-10-17(3,4)11-16(15)9-14/h5-9,12H,1,10-11H2,2-4H3/b13-12+,18-6?. The molecule has 1 nitrogen and oxygen atoms in total. The van der Waals surface area contributed by atoms with Gasteiger partial charge in [-0.1, -0.05) is 44.7 Å². The second kappa shape index (κ2) is 4.93. The van der Waals surface area contributed by atoms with Crippen molar-refractivity contribution in [2.45, 2.75) is 33.6 Å². The summed E-state index contributed by atoms with van der Waals surface area (Å²) >= 11 is 0. The van der Waals surface area contributed by atoms with Crippen molar-refractivity contribution in [3.05, 3.63) is 53.7 Å². The average Bonchev–Trinajstić information content (AvgIpc) is 2.63. The third-order valence-corrected chi connectivity index (χ3v) is 3.46. The molecule has 0 fully saturated rings. The maximum Gasteiger partial charge on any atom is 0.0342 e. The van der Waals surface area contributed by atoms with Gasteiger partial charge in [-0.2, -0.15) is 0 Å². The number of nitrogens with zero attached hydrogens (tertiary/aromatic N) is 1. The van der Waals surface area contributed by atoms with Crippen LogP contribution in [-0.2, 0) is 12.8 Å². The summed E-state index contributed by atoms with van der Waals surface area (Å²) in [5.41, 5.74) is 5.67. The van der Waals surface area contributed by atoms with Gasteiger partial charge >= 0.3 is 0 Å². The minimum atomic E-state index is 0.403. The highest BCUT2D eigenvalue weighted by Gasteiger charge is 2.28. The molecular weight excluding hydrogens is 218 g/mol. The highest BCUT2D eigenvalue weighted by atomic mass is 14.7. The van der Waals surface area contributed by atoms with Crippen molar-refractivity contribution >= 4 is 11.8 Å². The molecule has 18 heavy (non-hydrogen) atoms. The molecule has 1 aromatic carbocycles. The summed E-state index contributed by atoms with van der Waals surface area (Å²) in [4.78, 5) is 4.18. The molecule has 0 amide bonds. The van der Waals surface area contributed by atoms with Gasteiger partial charge < -0.3 is 0 Å². The Balaban J connectivity index is 2.36. The van der Waals surface area contributed by atoms with E-state index in [0.29, 0.717) is 5.41 Å². The molecule has 0 saturated carbocycles. The second-order valence-electron chi connectivity index (χ2n) is 5.70. The predicted molar refractivity (Wildman–Crippen MR) is 80.0 cm³/mol. The van der Waals surface area contributed by atoms with Crippen LogP contribution in [0.4, 0.5) is 0 Å². The molecule has 0 spiro atoms. The van der Waals surface area contributed by atoms with Crippen LogP contribution in [0, 0.1) is 5.41 Å². The van der Waals surface area contributed by atoms with Crippen molar-refractivity contribution in [1.29, 1.82) is 0 Å². The van der Waals surface area contributed by atoms with Gasteiger partial charge in [-0.25, -0.2) is 0 Å². The van der Waals surface area contributed by atoms with E-state index in [4.69, 9.17) is 0 Å². The van der Waals surface area contributed by atoms with Crippen LogP contribution in [0.2, 0.25) is 0 Å². The Hall–Kier alpha value is -1.63. The van der Waals surface area contributed by atoms with E-state index in [-0.39, 0.29) is 0 Å². The van der Waals surface area contributed by atoms with Crippen molar-refractivity contribution < 1.29 is 0 Å². The van der Waals surface area contributed by atoms with Crippen LogP contribution in [0.1, 0.15) is 37.5 Å². The lowest BCUT2D eigenvalue weighted by Gasteiger charge is -2.14. The molecule has 0 radical (unpaired) electrons. The zero-order valence-electron chi connectivity index (χ0n) is 11.5. The van der Waals surface area contributed by atoms with E-state index >= 15 is 0 Å². The van der Waals surface area contributed by atoms with Gasteiger partial charge in [0.25, 0.3) is 0 Å². The first-order chi connectivity index (χ1) is 8.55. The zero-order chi connectivity index (χ0) is 13.2. The second-order valence-corrected chi connectivity index (χ2v) is 5.70. The van der Waals surface area contributed by atoms with Crippen LogP contribution < -0.4 is 0 Å². The topological polar surface area (TPSA) is 12.4 Å². The molecule has 1 aliphatic carbocycles. The summed E-state index contributed by atoms with van der Waals surface area (Å²) < 4.78 is 0. The number of hydrogen-bond acceptors (Lipinski definition) is 1. The fourth-order valence-corrected chi connectivity index (χ4v) is 2.64. The minimum absolute atomic E-state index is 0.403. The van der Waals surface area contributed by atoms with Gasteiger partial charge in [0, 0.05) is 12.4 Å². The Kier molecular flexibility index (Phi) is 3.51. The van der Waals surface area contributed by atoms with E-state index in [1.807, 2.05) is 19.2 Å². The number of hydrogen-bond donors (Lipinski definition) is 0. The van der Waals surface area contributed by atoms with Gasteiger partial charge in [-0.15, -0.1) is 0 Å². The van der Waals surface area contributed by atoms with Gasteiger partial charge in [-0.05, 0) is 47.4 Å². The Bertz CT molecular complexity index is 518. The monoisotopic (exact) mass is 239 g/mol. The van der Waals surface area contributed by atoms with E-state index in [0.717, 1.165) is 12.0 Å². The molecule has 0 aliphatic heterocycles. The average molecular weight is 239 g/mol. The van der Waals surface area contributed by atoms with Gasteiger partial charge in [0.15, 0.2) is 0 Å². The fourth-order valence-electron chi connectivity index (χ4n) is 2.64. The third kappa shape index (κ3) is 2.61. The molecule has 0 bridgehead atoms. The van der Waals surface area contributed by atoms with Crippen molar-refractivity contribution in [3.8, 4) is 0 Å². The Labute approximate surface area is 110 Å². The zero-order valence-corrected chi connectivity index (χ0v) is 11.5. The van der Waals surface area contributed by atoms with Crippen LogP contribution in [0.3, 0.4) is 0 Å². The molecular formula is C17H21N. The van der Waals surface area contributed by atoms with Crippen LogP contribution in [0.5, 0.6) is 0 Å². The summed E-state index contributed by atoms with van der Waals surface area (Å²) in [5, 5.41) is 0. The van der Waals surface area contributed by atoms with Crippen molar-refractivity contribution in [3.63, 3.8) is 0 Å². The summed E-state index contributed by atoms with van der Waals surface area (Å²) in [6.45, 7) is 10.5. The number of aliphatic imine (C=N–C) groups is 1. The van der Waals surface area contributed by atoms with E-state index < -0.39 is 0 Å². The molecule has 1 heteroatoms. The highest BCUT2D eigenvalue weighted by Crippen LogP contribution is 2.37. The SMILES string of the molecule is C=C/C(=C\N=CC)c1ccc2c(c1)CC(C)(C)C2. The third-order valence-electron chi connectivity index (χ3n) is 3.46. The molecule has 2 rings (SSSR count). The van der Waals surface area contributed by atoms with Crippen molar-refractivity contribution in [1.82, 2.24) is 0 Å². The first-order valence-corrected chi connectivity index (χ1v) is 6.48. The lowest BCUT2D eigenvalue weighted by atomic mass is 9.90. The first-order valence-electron chi connectivity index (χ1n) is 6.48. The van der Waals surface area contributed by atoms with Crippen LogP contribution >= 0.6 is 0 Å². The first kappa shape index (κ1) is 12.8. The Morgan fingerprint density at radius 3 is 2.67 bits per heavy atom. The summed E-state index contributed by atoms with van der Waals surface area (Å²) in [5.74, 6) is 0. The number of benzene rings is 1. The Morgan fingerprint density at radius 2 is 2.00 bits per heavy atom. The van der Waals surface area contributed by atoms with Gasteiger partial charge in [0.1, 0.15) is 0 Å². The molecule has 0 aromatic heterocycles. The summed E-state index contributed by atoms with van der Waals surface area (Å²) in [6.07, 6.45) is 7.88. The van der Waals surface area contributed by atoms with Gasteiger partial charge in [0.05, 0.1) is 0 Å². The molecule has 0 unspecified atom stereocenters. The predicted octanol–water partition coefficient (Wildman–Crippen LogP) is 4.43. The normalized spacial score (nSPS) is 18.1. The number of allylic oxidation sites excluding steroid dienone is 2. The largest absolute Gasteiger partial charge is 0.269 e. The van der Waals surface area contributed by atoms with Crippen LogP contribution in [0.25, 0.3) is 5.57 Å². The molecule has 0 heterocycles. The summed E-state index contributed by atoms with van der Waals surface area (Å²) in [6, 6.07) is 6.73. The number of rotatable bonds is 3. The van der Waals surface area contributed by atoms with E-state index in [1.54, 1.807) is 6.21 Å². The van der Waals surface area contributed by atoms with Gasteiger partial charge in [-0.3, -0.25) is 4.99 Å². The molecule has 1 aromatic rings. The molecule has 94 valence electrons. The smallest absolute Gasteiger partial charge is 0.0342 e. The van der Waals surface area contributed by atoms with Crippen molar-refractivity contribution in [2.24, 2.45) is 10.4 Å². The molecule has 0 atom stereocenters. The van der Waals surface area contributed by atoms with Gasteiger partial charge in [0.2, 0.25) is 0 Å². The van der Waals surface area contributed by atoms with Crippen molar-refractivity contribution in [2.75, 3.05) is 0 Å². The molecule has 0 saturated heterocycles. The molecule has 1 aliphatic rings. The van der Waals surface area contributed by atoms with Crippen LogP contribution in [0.15, 0.2) is 42.0 Å². The lowest BCUT2D eigenvalue weighted by molar-refractivity contribution is 0.392. The van der Waals surface area contributed by atoms with Crippen LogP contribution in [-0.4, -0.2) is 6.21 Å². The minimum Gasteiger partial charge on any atom is -0.269 e. The quantitative estimate of drug-likeness (QED) is 0.546. The maximum absolute atomic E-state index is 4.18. The number of fused-ring (bicyclic) bond motifs is 1. The van der Waals surface area contributed by atoms with E-state index in [1.165, 1.54) is 23.1 Å². The van der Waals surface area contributed by atoms with E-state index in [2.05, 4.69) is 43.6 Å². The lowest BCUT2D eigenvalue weighted by Crippen LogP contribution is -2.09. The Morgan fingerprint density at radius 1 is 1.28 bits per heavy atom. The highest BCUT2D eigenvalue weighted by molar-refractivity contribution is 5.75. The molecule has 0 N–H and O–H groups in total.